The molecule has 0 aromatic heterocycles. The maximum Gasteiger partial charge on any atom is 0.335 e. The third-order valence-corrected chi connectivity index (χ3v) is 13.5. The second-order valence-corrected chi connectivity index (χ2v) is 18.3. The van der Waals surface area contributed by atoms with E-state index in [1.165, 1.54) is 58.9 Å². The quantitative estimate of drug-likeness (QED) is 0.0500. The molecule has 0 spiro atoms. The molecule has 6 aromatic carbocycles. The first-order chi connectivity index (χ1) is 32.5. The monoisotopic (exact) mass is 1030 g/mol. The van der Waals surface area contributed by atoms with Gasteiger partial charge in [-0.1, -0.05) is 38.1 Å². The molecule has 0 aliphatic rings. The molecule has 22 heteroatoms. The van der Waals surface area contributed by atoms with E-state index < -0.39 is 169 Å². The summed E-state index contributed by atoms with van der Waals surface area (Å²) in [4.78, 5) is 0. The van der Waals surface area contributed by atoms with Crippen LogP contribution in [0.2, 0.25) is 0 Å². The van der Waals surface area contributed by atoms with Gasteiger partial charge in [0.05, 0.1) is 47.2 Å². The highest BCUT2D eigenvalue weighted by molar-refractivity contribution is 7.53. The summed E-state index contributed by atoms with van der Waals surface area (Å²) in [6, 6.07) is 5.09. The molecular formula is C48H34F17O4P. The van der Waals surface area contributed by atoms with Gasteiger partial charge in [-0.2, -0.15) is 8.78 Å². The van der Waals surface area contributed by atoms with Crippen molar-refractivity contribution in [1.82, 2.24) is 0 Å². The third-order valence-electron chi connectivity index (χ3n) is 11.5. The smallest absolute Gasteiger partial charge is 0.335 e. The minimum absolute atomic E-state index is 0.0336. The molecule has 374 valence electrons. The van der Waals surface area contributed by atoms with Crippen molar-refractivity contribution in [2.75, 3.05) is 13.2 Å². The highest BCUT2D eigenvalue weighted by atomic mass is 31.2. The van der Waals surface area contributed by atoms with E-state index in [1.807, 2.05) is 0 Å². The van der Waals surface area contributed by atoms with Crippen molar-refractivity contribution in [3.8, 4) is 44.9 Å². The van der Waals surface area contributed by atoms with Crippen LogP contribution in [0.15, 0.2) is 24.3 Å². The molecule has 0 atom stereocenters. The van der Waals surface area contributed by atoms with Crippen molar-refractivity contribution in [3.63, 3.8) is 0 Å². The van der Waals surface area contributed by atoms with E-state index in [0.29, 0.717) is 6.92 Å². The summed E-state index contributed by atoms with van der Waals surface area (Å²) < 4.78 is 286. The van der Waals surface area contributed by atoms with Gasteiger partial charge >= 0.3 is 7.60 Å². The molecule has 0 saturated heterocycles. The van der Waals surface area contributed by atoms with E-state index in [-0.39, 0.29) is 46.6 Å². The molecule has 0 bridgehead atoms. The van der Waals surface area contributed by atoms with Crippen molar-refractivity contribution in [2.24, 2.45) is 0 Å². The predicted octanol–water partition coefficient (Wildman–Crippen LogP) is 16.2. The standard InChI is InChI=1S/C48H34F17O4P/c1-9-67-70(66,68-10-2)15-20-14-22(11-16(3)23(20)24-33(53)35(55)26(36(56)34(24)54)25-31(51)29(49)19(6)30(50)32(25)52)48(7,8)21-12-17(4)46(18(5)13-21)69-47-44(64)39(59)28(40(60)45(47)65)27-37(57)41(61)43(63)42(62)38(27)58/h11-14H,9-10,15H2,1-8H3. The summed E-state index contributed by atoms with van der Waals surface area (Å²) in [6.07, 6.45) is -0.853. The fourth-order valence-corrected chi connectivity index (χ4v) is 9.66. The van der Waals surface area contributed by atoms with Gasteiger partial charge in [0.2, 0.25) is 23.2 Å². The Morgan fingerprint density at radius 3 is 1.09 bits per heavy atom. The maximum atomic E-state index is 16.3. The van der Waals surface area contributed by atoms with Gasteiger partial charge in [0.15, 0.2) is 81.4 Å². The molecule has 6 aromatic rings. The average molecular weight is 1030 g/mol. The van der Waals surface area contributed by atoms with Gasteiger partial charge in [-0.25, -0.2) is 65.9 Å². The Labute approximate surface area is 387 Å². The Morgan fingerprint density at radius 2 is 0.700 bits per heavy atom. The lowest BCUT2D eigenvalue weighted by molar-refractivity contribution is 0.219. The lowest BCUT2D eigenvalue weighted by atomic mass is 9.75. The highest BCUT2D eigenvalue weighted by Crippen LogP contribution is 2.54. The summed E-state index contributed by atoms with van der Waals surface area (Å²) >= 11 is 0. The second-order valence-electron chi connectivity index (χ2n) is 16.3. The van der Waals surface area contributed by atoms with Crippen LogP contribution >= 0.6 is 7.60 Å². The SMILES string of the molecule is CCOP(=O)(Cc1cc(C(C)(C)c2cc(C)c(Oc3c(F)c(F)c(-c4c(F)c(F)c(F)c(F)c4F)c(F)c3F)c(C)c2)cc(C)c1-c1c(F)c(F)c(-c2c(F)c(F)c(C)c(F)c2F)c(F)c1F)OCC. The van der Waals surface area contributed by atoms with E-state index >= 15 is 43.9 Å². The van der Waals surface area contributed by atoms with Gasteiger partial charge in [-0.15, -0.1) is 0 Å². The van der Waals surface area contributed by atoms with Crippen molar-refractivity contribution in [1.29, 1.82) is 0 Å². The molecule has 0 radical (unpaired) electrons. The first kappa shape index (κ1) is 53.4. The topological polar surface area (TPSA) is 44.8 Å². The fraction of sp³-hybridized carbons (Fsp3) is 0.250. The third kappa shape index (κ3) is 8.71. The second kappa shape index (κ2) is 19.4. The van der Waals surface area contributed by atoms with Gasteiger partial charge < -0.3 is 13.8 Å². The van der Waals surface area contributed by atoms with E-state index in [0.717, 1.165) is 0 Å². The molecule has 0 aliphatic carbocycles. The average Bonchev–Trinajstić information content (AvgIpc) is 3.30. The molecule has 0 amide bonds. The van der Waals surface area contributed by atoms with E-state index in [1.54, 1.807) is 13.8 Å². The predicted molar refractivity (Wildman–Crippen MR) is 221 cm³/mol. The number of halogens is 17. The number of hydrogen-bond acceptors (Lipinski definition) is 4. The van der Waals surface area contributed by atoms with Crippen LogP contribution in [-0.4, -0.2) is 13.2 Å². The molecule has 0 saturated carbocycles. The summed E-state index contributed by atoms with van der Waals surface area (Å²) in [5.74, 6) is -44.5. The molecular weight excluding hydrogens is 994 g/mol. The van der Waals surface area contributed by atoms with Crippen molar-refractivity contribution in [2.45, 2.75) is 67.0 Å². The van der Waals surface area contributed by atoms with Crippen LogP contribution in [-0.2, 0) is 25.2 Å². The number of hydrogen-bond donors (Lipinski definition) is 0. The normalized spacial score (nSPS) is 12.1. The molecule has 0 N–H and O–H groups in total. The molecule has 6 rings (SSSR count). The Bertz CT molecular complexity index is 3080. The van der Waals surface area contributed by atoms with Gasteiger partial charge in [-0.3, -0.25) is 4.57 Å². The lowest BCUT2D eigenvalue weighted by Gasteiger charge is -2.30. The highest BCUT2D eigenvalue weighted by Gasteiger charge is 2.39. The number of ether oxygens (including phenoxy) is 1. The van der Waals surface area contributed by atoms with Crippen LogP contribution in [0.3, 0.4) is 0 Å². The molecule has 70 heavy (non-hydrogen) atoms. The van der Waals surface area contributed by atoms with Gasteiger partial charge in [0, 0.05) is 11.0 Å². The molecule has 0 heterocycles. The number of rotatable bonds is 13. The zero-order valence-electron chi connectivity index (χ0n) is 37.4. The number of aryl methyl sites for hydroxylation is 3. The summed E-state index contributed by atoms with van der Waals surface area (Å²) in [7, 11) is -4.33. The van der Waals surface area contributed by atoms with Crippen LogP contribution in [0.5, 0.6) is 11.5 Å². The van der Waals surface area contributed by atoms with Crippen LogP contribution in [0, 0.1) is 127 Å². The van der Waals surface area contributed by atoms with Crippen molar-refractivity contribution in [3.05, 3.63) is 162 Å². The molecule has 0 aliphatic heterocycles. The minimum Gasteiger partial charge on any atom is -0.450 e. The van der Waals surface area contributed by atoms with E-state index in [9.17, 15) is 35.3 Å². The van der Waals surface area contributed by atoms with Crippen LogP contribution < -0.4 is 4.74 Å². The van der Waals surface area contributed by atoms with Gasteiger partial charge in [0.25, 0.3) is 0 Å². The van der Waals surface area contributed by atoms with Crippen molar-refractivity contribution < 1.29 is 93.0 Å². The zero-order chi connectivity index (χ0) is 52.5. The molecule has 4 nitrogen and oxygen atoms in total. The zero-order valence-corrected chi connectivity index (χ0v) is 38.3. The van der Waals surface area contributed by atoms with E-state index in [4.69, 9.17) is 13.8 Å². The largest absolute Gasteiger partial charge is 0.450 e. The van der Waals surface area contributed by atoms with Crippen LogP contribution in [0.25, 0.3) is 33.4 Å². The minimum atomic E-state index is -4.33. The lowest BCUT2D eigenvalue weighted by Crippen LogP contribution is -2.21. The van der Waals surface area contributed by atoms with Gasteiger partial charge in [0.1, 0.15) is 5.75 Å². The van der Waals surface area contributed by atoms with Gasteiger partial charge in [-0.05, 0) is 80.5 Å². The first-order valence-corrected chi connectivity index (χ1v) is 22.1. The fourth-order valence-electron chi connectivity index (χ4n) is 7.95. The van der Waals surface area contributed by atoms with Crippen LogP contribution in [0.1, 0.15) is 66.6 Å². The summed E-state index contributed by atoms with van der Waals surface area (Å²) in [5.41, 5.74) is -13.8. The summed E-state index contributed by atoms with van der Waals surface area (Å²) in [6.45, 7) is 9.76. The Hall–Kier alpha value is -5.92. The Kier molecular flexibility index (Phi) is 14.8. The summed E-state index contributed by atoms with van der Waals surface area (Å²) in [5, 5.41) is 0. The van der Waals surface area contributed by atoms with Crippen LogP contribution in [0.4, 0.5) is 74.6 Å². The molecule has 0 unspecified atom stereocenters. The molecule has 0 fully saturated rings. The van der Waals surface area contributed by atoms with Crippen molar-refractivity contribution >= 4 is 7.60 Å². The first-order valence-electron chi connectivity index (χ1n) is 20.4. The Morgan fingerprint density at radius 1 is 0.400 bits per heavy atom. The van der Waals surface area contributed by atoms with E-state index in [2.05, 4.69) is 0 Å². The Balaban J connectivity index is 1.51. The maximum absolute atomic E-state index is 16.3. The number of benzene rings is 6.